The normalized spacial score (nSPS) is 10.2. The van der Waals surface area contributed by atoms with Gasteiger partial charge in [0.25, 0.3) is 11.6 Å². The summed E-state index contributed by atoms with van der Waals surface area (Å²) in [7, 11) is 0. The Balaban J connectivity index is 2.10. The molecule has 0 heterocycles. The van der Waals surface area contributed by atoms with Crippen LogP contribution in [0.4, 0.5) is 17.1 Å². The molecule has 2 aromatic carbocycles. The Kier molecular flexibility index (Phi) is 6.43. The summed E-state index contributed by atoms with van der Waals surface area (Å²) in [4.78, 5) is 34.6. The molecule has 0 spiro atoms. The maximum Gasteiger partial charge on any atom is 0.273 e. The number of unbranched alkanes of at least 4 members (excludes halogenated alkanes) is 1. The molecule has 26 heavy (non-hydrogen) atoms. The van der Waals surface area contributed by atoms with Crippen LogP contribution in [0.2, 0.25) is 0 Å². The molecule has 2 aromatic rings. The standard InChI is InChI=1S/C19H21N3O4/c1-3-4-8-18(23)20-15-6-5-7-16(12-15)21-19(24)14-10-9-13(2)17(11-14)22(25)26/h5-7,9-12H,3-4,8H2,1-2H3,(H,20,23)(H,21,24). The van der Waals surface area contributed by atoms with E-state index in [-0.39, 0.29) is 17.2 Å². The minimum absolute atomic E-state index is 0.0792. The maximum absolute atomic E-state index is 12.4. The number of aryl methyl sites for hydroxylation is 1. The SMILES string of the molecule is CCCCC(=O)Nc1cccc(NC(=O)c2ccc(C)c([N+](=O)[O-])c2)c1. The molecule has 0 radical (unpaired) electrons. The average molecular weight is 355 g/mol. The van der Waals surface area contributed by atoms with Crippen LogP contribution in [0.25, 0.3) is 0 Å². The van der Waals surface area contributed by atoms with Crippen molar-refractivity contribution in [1.29, 1.82) is 0 Å². The molecule has 0 saturated heterocycles. The number of benzene rings is 2. The molecule has 0 aliphatic carbocycles. The second-order valence-electron chi connectivity index (χ2n) is 5.95. The van der Waals surface area contributed by atoms with E-state index in [1.165, 1.54) is 18.2 Å². The number of nitrogens with zero attached hydrogens (tertiary/aromatic N) is 1. The summed E-state index contributed by atoms with van der Waals surface area (Å²) in [6.07, 6.45) is 2.20. The number of nitro benzene ring substituents is 1. The second kappa shape index (κ2) is 8.75. The van der Waals surface area contributed by atoms with E-state index in [0.29, 0.717) is 23.4 Å². The summed E-state index contributed by atoms with van der Waals surface area (Å²) in [5.41, 5.74) is 1.66. The van der Waals surface area contributed by atoms with Gasteiger partial charge >= 0.3 is 0 Å². The molecule has 2 N–H and O–H groups in total. The fourth-order valence-electron chi connectivity index (χ4n) is 2.39. The predicted molar refractivity (Wildman–Crippen MR) is 100 cm³/mol. The van der Waals surface area contributed by atoms with E-state index in [2.05, 4.69) is 10.6 Å². The van der Waals surface area contributed by atoms with Gasteiger partial charge < -0.3 is 10.6 Å². The number of rotatable bonds is 7. The molecular weight excluding hydrogens is 334 g/mol. The lowest BCUT2D eigenvalue weighted by Crippen LogP contribution is -2.14. The van der Waals surface area contributed by atoms with Gasteiger partial charge in [0.1, 0.15) is 0 Å². The van der Waals surface area contributed by atoms with Crippen LogP contribution >= 0.6 is 0 Å². The van der Waals surface area contributed by atoms with Crippen LogP contribution in [0.5, 0.6) is 0 Å². The third-order valence-corrected chi connectivity index (χ3v) is 3.83. The molecule has 0 aliphatic rings. The van der Waals surface area contributed by atoms with Gasteiger partial charge in [-0.25, -0.2) is 0 Å². The van der Waals surface area contributed by atoms with E-state index in [1.807, 2.05) is 6.92 Å². The first-order valence-corrected chi connectivity index (χ1v) is 8.37. The highest BCUT2D eigenvalue weighted by atomic mass is 16.6. The van der Waals surface area contributed by atoms with E-state index >= 15 is 0 Å². The van der Waals surface area contributed by atoms with Crippen LogP contribution in [-0.4, -0.2) is 16.7 Å². The number of hydrogen-bond donors (Lipinski definition) is 2. The summed E-state index contributed by atoms with van der Waals surface area (Å²) in [6.45, 7) is 3.63. The molecule has 7 nitrogen and oxygen atoms in total. The topological polar surface area (TPSA) is 101 Å². The highest BCUT2D eigenvalue weighted by Gasteiger charge is 2.15. The number of hydrogen-bond acceptors (Lipinski definition) is 4. The van der Waals surface area contributed by atoms with Gasteiger partial charge in [-0.15, -0.1) is 0 Å². The minimum Gasteiger partial charge on any atom is -0.326 e. The molecule has 136 valence electrons. The van der Waals surface area contributed by atoms with Crippen molar-refractivity contribution in [3.05, 3.63) is 63.7 Å². The van der Waals surface area contributed by atoms with E-state index in [0.717, 1.165) is 12.8 Å². The number of nitro groups is 1. The lowest BCUT2D eigenvalue weighted by Gasteiger charge is -2.09. The van der Waals surface area contributed by atoms with Crippen molar-refractivity contribution in [2.45, 2.75) is 33.1 Å². The zero-order chi connectivity index (χ0) is 19.1. The van der Waals surface area contributed by atoms with Gasteiger partial charge in [-0.3, -0.25) is 19.7 Å². The van der Waals surface area contributed by atoms with E-state index in [4.69, 9.17) is 0 Å². The van der Waals surface area contributed by atoms with Gasteiger partial charge in [0.2, 0.25) is 5.91 Å². The first kappa shape index (κ1) is 19.1. The molecule has 0 saturated carbocycles. The van der Waals surface area contributed by atoms with Crippen molar-refractivity contribution < 1.29 is 14.5 Å². The van der Waals surface area contributed by atoms with E-state index in [1.54, 1.807) is 31.2 Å². The number of amides is 2. The van der Waals surface area contributed by atoms with Gasteiger partial charge in [0.15, 0.2) is 0 Å². The van der Waals surface area contributed by atoms with Crippen LogP contribution in [0, 0.1) is 17.0 Å². The molecule has 2 amide bonds. The van der Waals surface area contributed by atoms with E-state index in [9.17, 15) is 19.7 Å². The molecule has 7 heteroatoms. The van der Waals surface area contributed by atoms with Crippen LogP contribution < -0.4 is 10.6 Å². The summed E-state index contributed by atoms with van der Waals surface area (Å²) < 4.78 is 0. The van der Waals surface area contributed by atoms with Crippen molar-refractivity contribution in [2.24, 2.45) is 0 Å². The van der Waals surface area contributed by atoms with Gasteiger partial charge in [-0.1, -0.05) is 25.5 Å². The molecule has 0 bridgehead atoms. The number of carbonyl (C=O) groups excluding carboxylic acids is 2. The van der Waals surface area contributed by atoms with Crippen molar-refractivity contribution in [3.63, 3.8) is 0 Å². The fourth-order valence-corrected chi connectivity index (χ4v) is 2.39. The Bertz CT molecular complexity index is 833. The number of carbonyl (C=O) groups is 2. The molecule has 0 aromatic heterocycles. The summed E-state index contributed by atoms with van der Waals surface area (Å²) in [6, 6.07) is 11.1. The fraction of sp³-hybridized carbons (Fsp3) is 0.263. The number of nitrogens with one attached hydrogen (secondary N) is 2. The third kappa shape index (κ3) is 5.14. The highest BCUT2D eigenvalue weighted by molar-refractivity contribution is 6.05. The first-order valence-electron chi connectivity index (χ1n) is 8.37. The lowest BCUT2D eigenvalue weighted by atomic mass is 10.1. The Hall–Kier alpha value is -3.22. The average Bonchev–Trinajstić information content (AvgIpc) is 2.60. The quantitative estimate of drug-likeness (QED) is 0.571. The summed E-state index contributed by atoms with van der Waals surface area (Å²) >= 11 is 0. The molecule has 0 atom stereocenters. The molecule has 0 unspecified atom stereocenters. The van der Waals surface area contributed by atoms with Gasteiger partial charge in [-0.05, 0) is 37.6 Å². The first-order chi connectivity index (χ1) is 12.4. The predicted octanol–water partition coefficient (Wildman–Crippen LogP) is 4.28. The monoisotopic (exact) mass is 355 g/mol. The van der Waals surface area contributed by atoms with Crippen molar-refractivity contribution in [2.75, 3.05) is 10.6 Å². The number of anilines is 2. The van der Waals surface area contributed by atoms with Crippen LogP contribution in [0.3, 0.4) is 0 Å². The third-order valence-electron chi connectivity index (χ3n) is 3.83. The molecule has 0 fully saturated rings. The van der Waals surface area contributed by atoms with E-state index < -0.39 is 10.8 Å². The smallest absolute Gasteiger partial charge is 0.273 e. The Morgan fingerprint density at radius 2 is 1.77 bits per heavy atom. The van der Waals surface area contributed by atoms with Crippen LogP contribution in [-0.2, 0) is 4.79 Å². The van der Waals surface area contributed by atoms with Gasteiger partial charge in [0.05, 0.1) is 4.92 Å². The summed E-state index contributed by atoms with van der Waals surface area (Å²) in [5, 5.41) is 16.5. The minimum atomic E-state index is -0.515. The highest BCUT2D eigenvalue weighted by Crippen LogP contribution is 2.21. The largest absolute Gasteiger partial charge is 0.326 e. The lowest BCUT2D eigenvalue weighted by molar-refractivity contribution is -0.385. The maximum atomic E-state index is 12.4. The molecule has 2 rings (SSSR count). The Labute approximate surface area is 151 Å². The summed E-state index contributed by atoms with van der Waals surface area (Å²) in [5.74, 6) is -0.535. The zero-order valence-electron chi connectivity index (χ0n) is 14.7. The van der Waals surface area contributed by atoms with Gasteiger partial charge in [-0.2, -0.15) is 0 Å². The van der Waals surface area contributed by atoms with Crippen molar-refractivity contribution in [3.8, 4) is 0 Å². The zero-order valence-corrected chi connectivity index (χ0v) is 14.7. The van der Waals surface area contributed by atoms with Crippen LogP contribution in [0.1, 0.15) is 42.1 Å². The Morgan fingerprint density at radius 1 is 1.08 bits per heavy atom. The second-order valence-corrected chi connectivity index (χ2v) is 5.95. The molecular formula is C19H21N3O4. The van der Waals surface area contributed by atoms with Crippen molar-refractivity contribution in [1.82, 2.24) is 0 Å². The van der Waals surface area contributed by atoms with Crippen LogP contribution in [0.15, 0.2) is 42.5 Å². The Morgan fingerprint density at radius 3 is 2.42 bits per heavy atom. The van der Waals surface area contributed by atoms with Crippen molar-refractivity contribution >= 4 is 28.9 Å². The van der Waals surface area contributed by atoms with Gasteiger partial charge in [0, 0.05) is 35.0 Å². The molecule has 0 aliphatic heterocycles.